The molecule has 3 heteroatoms. The molecular weight excluding hydrogens is 306 g/mol. The van der Waals surface area contributed by atoms with Crippen molar-refractivity contribution < 1.29 is 0 Å². The molecule has 3 nitrogen and oxygen atoms in total. The van der Waals surface area contributed by atoms with E-state index in [1.807, 2.05) is 6.07 Å². The van der Waals surface area contributed by atoms with Gasteiger partial charge >= 0.3 is 0 Å². The molecule has 0 bridgehead atoms. The number of nitrogens with zero attached hydrogens (tertiary/aromatic N) is 1. The zero-order chi connectivity index (χ0) is 17.6. The predicted molar refractivity (Wildman–Crippen MR) is 107 cm³/mol. The van der Waals surface area contributed by atoms with Gasteiger partial charge in [-0.05, 0) is 53.6 Å². The molecule has 3 rings (SSSR count). The lowest BCUT2D eigenvalue weighted by Gasteiger charge is -2.11. The van der Waals surface area contributed by atoms with Crippen LogP contribution in [0.15, 0.2) is 48.5 Å². The van der Waals surface area contributed by atoms with Gasteiger partial charge in [-0.2, -0.15) is 0 Å². The Morgan fingerprint density at radius 1 is 0.920 bits per heavy atom. The van der Waals surface area contributed by atoms with Gasteiger partial charge in [0.25, 0.3) is 0 Å². The molecule has 0 spiro atoms. The highest BCUT2D eigenvalue weighted by Gasteiger charge is 2.08. The number of rotatable bonds is 7. The summed E-state index contributed by atoms with van der Waals surface area (Å²) in [5.74, 6) is 0.674. The first-order chi connectivity index (χ1) is 12.2. The molecule has 0 aliphatic carbocycles. The van der Waals surface area contributed by atoms with Crippen molar-refractivity contribution >= 4 is 16.7 Å². The summed E-state index contributed by atoms with van der Waals surface area (Å²) in [6.45, 7) is 2.80. The number of hydrogen-bond acceptors (Lipinski definition) is 3. The molecular formula is C22H27N3. The van der Waals surface area contributed by atoms with E-state index in [4.69, 9.17) is 11.5 Å². The fourth-order valence-corrected chi connectivity index (χ4v) is 3.25. The van der Waals surface area contributed by atoms with E-state index in [9.17, 15) is 0 Å². The maximum absolute atomic E-state index is 6.18. The van der Waals surface area contributed by atoms with Gasteiger partial charge < -0.3 is 11.5 Å². The molecule has 0 saturated carbocycles. The second kappa shape index (κ2) is 8.13. The first kappa shape index (κ1) is 17.4. The van der Waals surface area contributed by atoms with E-state index in [0.29, 0.717) is 12.4 Å². The second-order valence-corrected chi connectivity index (χ2v) is 6.67. The number of benzene rings is 2. The lowest BCUT2D eigenvalue weighted by molar-refractivity contribution is 0.717. The van der Waals surface area contributed by atoms with Gasteiger partial charge in [0.2, 0.25) is 0 Å². The van der Waals surface area contributed by atoms with Crippen molar-refractivity contribution in [3.8, 4) is 0 Å². The van der Waals surface area contributed by atoms with Crippen molar-refractivity contribution in [1.82, 2.24) is 4.98 Å². The quantitative estimate of drug-likeness (QED) is 0.621. The van der Waals surface area contributed by atoms with Crippen LogP contribution in [0.3, 0.4) is 0 Å². The number of hydrogen-bond donors (Lipinski definition) is 2. The van der Waals surface area contributed by atoms with Crippen LogP contribution in [-0.2, 0) is 19.4 Å². The smallest absolute Gasteiger partial charge is 0.127 e. The van der Waals surface area contributed by atoms with Crippen molar-refractivity contribution in [3.05, 3.63) is 70.8 Å². The van der Waals surface area contributed by atoms with Crippen molar-refractivity contribution in [2.24, 2.45) is 5.73 Å². The maximum atomic E-state index is 6.18. The molecule has 1 aromatic heterocycles. The molecule has 0 saturated heterocycles. The summed E-state index contributed by atoms with van der Waals surface area (Å²) in [7, 11) is 0. The third-order valence-corrected chi connectivity index (χ3v) is 4.76. The summed E-state index contributed by atoms with van der Waals surface area (Å²) >= 11 is 0. The summed E-state index contributed by atoms with van der Waals surface area (Å²) in [4.78, 5) is 4.65. The van der Waals surface area contributed by atoms with Gasteiger partial charge in [-0.15, -0.1) is 0 Å². The van der Waals surface area contributed by atoms with Gasteiger partial charge in [0, 0.05) is 11.9 Å². The van der Waals surface area contributed by atoms with Crippen molar-refractivity contribution in [1.29, 1.82) is 0 Å². The Labute approximate surface area is 150 Å². The topological polar surface area (TPSA) is 64.9 Å². The predicted octanol–water partition coefficient (Wildman–Crippen LogP) is 4.60. The average Bonchev–Trinajstić information content (AvgIpc) is 2.63. The average molecular weight is 333 g/mol. The van der Waals surface area contributed by atoms with E-state index in [1.165, 1.54) is 34.9 Å². The molecule has 1 heterocycles. The van der Waals surface area contributed by atoms with E-state index >= 15 is 0 Å². The van der Waals surface area contributed by atoms with Crippen LogP contribution >= 0.6 is 0 Å². The Morgan fingerprint density at radius 2 is 1.68 bits per heavy atom. The van der Waals surface area contributed by atoms with Gasteiger partial charge in [0.1, 0.15) is 5.82 Å². The SMILES string of the molecule is CCCCCc1cc2c(Cc3ccc(CN)cc3)cccc2nc1N. The number of nitrogen functional groups attached to an aromatic ring is 1. The third kappa shape index (κ3) is 4.18. The molecule has 0 fully saturated rings. The highest BCUT2D eigenvalue weighted by molar-refractivity contribution is 5.85. The summed E-state index contributed by atoms with van der Waals surface area (Å²) in [5, 5.41) is 1.21. The highest BCUT2D eigenvalue weighted by atomic mass is 14.8. The van der Waals surface area contributed by atoms with Crippen LogP contribution in [0.1, 0.15) is 48.4 Å². The van der Waals surface area contributed by atoms with Gasteiger partial charge in [-0.25, -0.2) is 4.98 Å². The van der Waals surface area contributed by atoms with Gasteiger partial charge in [-0.3, -0.25) is 0 Å². The number of fused-ring (bicyclic) bond motifs is 1. The van der Waals surface area contributed by atoms with Crippen molar-refractivity contribution in [3.63, 3.8) is 0 Å². The van der Waals surface area contributed by atoms with E-state index in [2.05, 4.69) is 54.4 Å². The molecule has 0 aliphatic heterocycles. The Morgan fingerprint density at radius 3 is 2.40 bits per heavy atom. The summed E-state index contributed by atoms with van der Waals surface area (Å²) in [5.41, 5.74) is 17.8. The molecule has 0 amide bonds. The number of unbranched alkanes of at least 4 members (excludes halogenated alkanes) is 2. The standard InChI is InChI=1S/C22H27N3/c1-2-3-4-6-19-14-20-18(7-5-8-21(20)25-22(19)24)13-16-9-11-17(15-23)12-10-16/h5,7-12,14H,2-4,6,13,15,23H2,1H3,(H2,24,25). The molecule has 0 aliphatic rings. The maximum Gasteiger partial charge on any atom is 0.127 e. The number of anilines is 1. The first-order valence-electron chi connectivity index (χ1n) is 9.16. The number of aryl methyl sites for hydroxylation is 1. The molecule has 0 atom stereocenters. The first-order valence-corrected chi connectivity index (χ1v) is 9.16. The van der Waals surface area contributed by atoms with Crippen LogP contribution in [0, 0.1) is 0 Å². The summed E-state index contributed by atoms with van der Waals surface area (Å²) in [6, 6.07) is 17.1. The lowest BCUT2D eigenvalue weighted by atomic mass is 9.97. The Bertz CT molecular complexity index is 838. The van der Waals surface area contributed by atoms with Crippen LogP contribution < -0.4 is 11.5 Å². The third-order valence-electron chi connectivity index (χ3n) is 4.76. The van der Waals surface area contributed by atoms with E-state index < -0.39 is 0 Å². The molecule has 3 aromatic rings. The molecule has 2 aromatic carbocycles. The number of pyridine rings is 1. The van der Waals surface area contributed by atoms with Crippen LogP contribution in [0.5, 0.6) is 0 Å². The molecule has 4 N–H and O–H groups in total. The van der Waals surface area contributed by atoms with Gasteiger partial charge in [-0.1, -0.05) is 56.2 Å². The lowest BCUT2D eigenvalue weighted by Crippen LogP contribution is -2.01. The number of nitrogens with two attached hydrogens (primary N) is 2. The fourth-order valence-electron chi connectivity index (χ4n) is 3.25. The minimum absolute atomic E-state index is 0.582. The van der Waals surface area contributed by atoms with Crippen LogP contribution in [0.25, 0.3) is 10.9 Å². The Hall–Kier alpha value is -2.39. The highest BCUT2D eigenvalue weighted by Crippen LogP contribution is 2.25. The molecule has 25 heavy (non-hydrogen) atoms. The van der Waals surface area contributed by atoms with Gasteiger partial charge in [0.05, 0.1) is 5.52 Å². The van der Waals surface area contributed by atoms with E-state index in [-0.39, 0.29) is 0 Å². The van der Waals surface area contributed by atoms with Crippen molar-refractivity contribution in [2.75, 3.05) is 5.73 Å². The normalized spacial score (nSPS) is 11.1. The largest absolute Gasteiger partial charge is 0.383 e. The monoisotopic (exact) mass is 333 g/mol. The minimum atomic E-state index is 0.582. The molecule has 130 valence electrons. The second-order valence-electron chi connectivity index (χ2n) is 6.67. The van der Waals surface area contributed by atoms with Gasteiger partial charge in [0.15, 0.2) is 0 Å². The zero-order valence-electron chi connectivity index (χ0n) is 15.0. The van der Waals surface area contributed by atoms with E-state index in [0.717, 1.165) is 30.3 Å². The Balaban J connectivity index is 1.92. The van der Waals surface area contributed by atoms with E-state index in [1.54, 1.807) is 0 Å². The van der Waals surface area contributed by atoms with Crippen molar-refractivity contribution in [2.45, 2.75) is 45.6 Å². The minimum Gasteiger partial charge on any atom is -0.383 e. The summed E-state index contributed by atoms with van der Waals surface area (Å²) < 4.78 is 0. The fraction of sp³-hybridized carbons (Fsp3) is 0.318. The summed E-state index contributed by atoms with van der Waals surface area (Å²) in [6.07, 6.45) is 5.50. The molecule has 0 radical (unpaired) electrons. The van der Waals surface area contributed by atoms with Crippen LogP contribution in [-0.4, -0.2) is 4.98 Å². The van der Waals surface area contributed by atoms with Crippen LogP contribution in [0.4, 0.5) is 5.82 Å². The zero-order valence-corrected chi connectivity index (χ0v) is 15.0. The van der Waals surface area contributed by atoms with Crippen LogP contribution in [0.2, 0.25) is 0 Å². The number of aromatic nitrogens is 1. The molecule has 0 unspecified atom stereocenters. The Kier molecular flexibility index (Phi) is 5.67.